The van der Waals surface area contributed by atoms with Crippen molar-refractivity contribution in [3.8, 4) is 28.0 Å². The summed E-state index contributed by atoms with van der Waals surface area (Å²) in [6, 6.07) is 10.7. The zero-order valence-electron chi connectivity index (χ0n) is 17.2. The lowest BCUT2D eigenvalue weighted by Crippen LogP contribution is -2.23. The smallest absolute Gasteiger partial charge is 0.251 e. The number of carbonyl (C=O) groups excluding carboxylic acids is 1. The Kier molecular flexibility index (Phi) is 5.63. The summed E-state index contributed by atoms with van der Waals surface area (Å²) in [5, 5.41) is 9.25. The van der Waals surface area contributed by atoms with Gasteiger partial charge in [0.2, 0.25) is 5.75 Å². The van der Waals surface area contributed by atoms with E-state index in [4.69, 9.17) is 19.9 Å². The van der Waals surface area contributed by atoms with Crippen molar-refractivity contribution in [2.24, 2.45) is 0 Å². The number of nitrogen functional groups attached to an aromatic ring is 1. The summed E-state index contributed by atoms with van der Waals surface area (Å²) in [5.41, 5.74) is 7.80. The second kappa shape index (κ2) is 8.52. The van der Waals surface area contributed by atoms with Gasteiger partial charge in [-0.3, -0.25) is 4.79 Å². The number of benzene rings is 1. The minimum absolute atomic E-state index is 0.258. The number of methoxy groups -OCH3 is 3. The van der Waals surface area contributed by atoms with Crippen molar-refractivity contribution in [1.82, 2.24) is 19.9 Å². The molecular weight excluding hydrogens is 418 g/mol. The quantitative estimate of drug-likeness (QED) is 0.455. The summed E-state index contributed by atoms with van der Waals surface area (Å²) in [6.07, 6.45) is 0. The van der Waals surface area contributed by atoms with Crippen molar-refractivity contribution in [3.05, 3.63) is 52.9 Å². The Labute approximate surface area is 182 Å². The average Bonchev–Trinajstić information content (AvgIpc) is 3.46. The molecule has 160 valence electrons. The summed E-state index contributed by atoms with van der Waals surface area (Å²) >= 11 is 1.53. The van der Waals surface area contributed by atoms with Crippen molar-refractivity contribution >= 4 is 28.7 Å². The first-order chi connectivity index (χ1) is 15.0. The molecule has 0 unspecified atom stereocenters. The van der Waals surface area contributed by atoms with E-state index >= 15 is 0 Å². The Morgan fingerprint density at radius 1 is 1.13 bits per heavy atom. The highest BCUT2D eigenvalue weighted by Crippen LogP contribution is 2.38. The van der Waals surface area contributed by atoms with Crippen molar-refractivity contribution in [1.29, 1.82) is 0 Å². The molecule has 0 saturated heterocycles. The minimum atomic E-state index is -0.288. The van der Waals surface area contributed by atoms with E-state index in [1.807, 2.05) is 17.5 Å². The Morgan fingerprint density at radius 3 is 2.48 bits per heavy atom. The summed E-state index contributed by atoms with van der Waals surface area (Å²) < 4.78 is 17.6. The predicted molar refractivity (Wildman–Crippen MR) is 118 cm³/mol. The highest BCUT2D eigenvalue weighted by Gasteiger charge is 2.16. The van der Waals surface area contributed by atoms with Gasteiger partial charge >= 0.3 is 0 Å². The molecule has 1 aromatic carbocycles. The van der Waals surface area contributed by atoms with Crippen LogP contribution < -0.4 is 25.3 Å². The van der Waals surface area contributed by atoms with E-state index in [0.29, 0.717) is 40.1 Å². The minimum Gasteiger partial charge on any atom is -0.493 e. The number of ether oxygens (including phenoxy) is 3. The van der Waals surface area contributed by atoms with E-state index in [2.05, 4.69) is 15.4 Å². The molecule has 0 spiro atoms. The lowest BCUT2D eigenvalue weighted by molar-refractivity contribution is 0.0951. The van der Waals surface area contributed by atoms with E-state index in [1.165, 1.54) is 23.0 Å². The number of thiophene rings is 1. The van der Waals surface area contributed by atoms with E-state index in [1.54, 1.807) is 38.5 Å². The first-order valence-corrected chi connectivity index (χ1v) is 10.2. The topological polar surface area (TPSA) is 113 Å². The van der Waals surface area contributed by atoms with Gasteiger partial charge in [-0.2, -0.15) is 4.52 Å². The number of carbonyl (C=O) groups is 1. The van der Waals surface area contributed by atoms with Gasteiger partial charge in [-0.15, -0.1) is 16.4 Å². The Morgan fingerprint density at radius 2 is 1.87 bits per heavy atom. The molecule has 3 N–H and O–H groups in total. The lowest BCUT2D eigenvalue weighted by Gasteiger charge is -2.14. The summed E-state index contributed by atoms with van der Waals surface area (Å²) in [4.78, 5) is 18.2. The molecule has 0 fully saturated rings. The van der Waals surface area contributed by atoms with Crippen LogP contribution in [0, 0.1) is 0 Å². The maximum atomic E-state index is 12.8. The number of fused-ring (bicyclic) bond motifs is 1. The van der Waals surface area contributed by atoms with Crippen LogP contribution in [0.15, 0.2) is 41.8 Å². The second-order valence-electron chi connectivity index (χ2n) is 6.57. The number of aromatic nitrogens is 3. The molecule has 0 aliphatic carbocycles. The van der Waals surface area contributed by atoms with Crippen LogP contribution >= 0.6 is 11.3 Å². The maximum Gasteiger partial charge on any atom is 0.251 e. The van der Waals surface area contributed by atoms with Crippen molar-refractivity contribution in [2.45, 2.75) is 6.54 Å². The van der Waals surface area contributed by atoms with E-state index < -0.39 is 0 Å². The van der Waals surface area contributed by atoms with Gasteiger partial charge in [0.15, 0.2) is 23.0 Å². The Balaban J connectivity index is 1.56. The summed E-state index contributed by atoms with van der Waals surface area (Å²) in [7, 11) is 4.62. The molecule has 31 heavy (non-hydrogen) atoms. The van der Waals surface area contributed by atoms with Gasteiger partial charge in [0, 0.05) is 12.1 Å². The van der Waals surface area contributed by atoms with Crippen LogP contribution in [0.3, 0.4) is 0 Å². The molecule has 9 nitrogen and oxygen atoms in total. The fourth-order valence-electron chi connectivity index (χ4n) is 3.17. The molecule has 3 heterocycles. The molecule has 10 heteroatoms. The molecule has 0 radical (unpaired) electrons. The number of amides is 1. The number of nitrogens with one attached hydrogen (secondary N) is 1. The van der Waals surface area contributed by atoms with Gasteiger partial charge in [-0.05, 0) is 41.3 Å². The maximum absolute atomic E-state index is 12.8. The molecule has 4 rings (SSSR count). The van der Waals surface area contributed by atoms with E-state index in [9.17, 15) is 4.79 Å². The van der Waals surface area contributed by atoms with Crippen LogP contribution in [0.2, 0.25) is 0 Å². The Hall–Kier alpha value is -3.79. The van der Waals surface area contributed by atoms with Crippen LogP contribution in [-0.4, -0.2) is 41.8 Å². The summed E-state index contributed by atoms with van der Waals surface area (Å²) in [5.74, 6) is 2.13. The van der Waals surface area contributed by atoms with Gasteiger partial charge in [0.1, 0.15) is 5.82 Å². The fourth-order valence-corrected chi connectivity index (χ4v) is 3.82. The fraction of sp³-hybridized carbons (Fsp3) is 0.190. The molecule has 1 amide bonds. The third-order valence-electron chi connectivity index (χ3n) is 4.65. The van der Waals surface area contributed by atoms with Crippen molar-refractivity contribution in [3.63, 3.8) is 0 Å². The standard InChI is InChI=1S/C21H21N5O4S/c1-28-14-7-12(8-15(29-2)19(14)30-3)11-23-21(27)13-9-17(22)26-18(10-13)24-20(25-26)16-5-4-6-31-16/h4-10H,11,22H2,1-3H3,(H,23,27). The third-order valence-corrected chi connectivity index (χ3v) is 5.51. The molecule has 4 aromatic rings. The van der Waals surface area contributed by atoms with Gasteiger partial charge in [0.25, 0.3) is 5.91 Å². The number of hydrogen-bond acceptors (Lipinski definition) is 8. The van der Waals surface area contributed by atoms with Crippen molar-refractivity contribution < 1.29 is 19.0 Å². The molecular formula is C21H21N5O4S. The highest BCUT2D eigenvalue weighted by molar-refractivity contribution is 7.13. The predicted octanol–water partition coefficient (Wildman–Crippen LogP) is 3.00. The normalized spacial score (nSPS) is 10.8. The average molecular weight is 439 g/mol. The number of hydrogen-bond donors (Lipinski definition) is 2. The number of nitrogens with two attached hydrogens (primary N) is 1. The third kappa shape index (κ3) is 3.97. The van der Waals surface area contributed by atoms with E-state index in [0.717, 1.165) is 10.4 Å². The van der Waals surface area contributed by atoms with Crippen molar-refractivity contribution in [2.75, 3.05) is 27.1 Å². The molecule has 0 aliphatic rings. The lowest BCUT2D eigenvalue weighted by atomic mass is 10.1. The number of pyridine rings is 1. The Bertz CT molecular complexity index is 1210. The largest absolute Gasteiger partial charge is 0.493 e. The van der Waals surface area contributed by atoms with Crippen LogP contribution in [0.4, 0.5) is 5.82 Å². The molecule has 0 atom stereocenters. The van der Waals surface area contributed by atoms with Gasteiger partial charge in [0.05, 0.1) is 26.2 Å². The molecule has 0 saturated carbocycles. The number of anilines is 1. The SMILES string of the molecule is COc1cc(CNC(=O)c2cc(N)n3nc(-c4cccs4)nc3c2)cc(OC)c1OC. The highest BCUT2D eigenvalue weighted by atomic mass is 32.1. The zero-order chi connectivity index (χ0) is 22.0. The van der Waals surface area contributed by atoms with Gasteiger partial charge in [-0.25, -0.2) is 4.98 Å². The number of nitrogens with zero attached hydrogens (tertiary/aromatic N) is 3. The van der Waals surface area contributed by atoms with Crippen LogP contribution in [0.1, 0.15) is 15.9 Å². The second-order valence-corrected chi connectivity index (χ2v) is 7.52. The zero-order valence-corrected chi connectivity index (χ0v) is 18.0. The number of rotatable bonds is 7. The molecule has 0 aliphatic heterocycles. The van der Waals surface area contributed by atoms with Crippen LogP contribution in [0.25, 0.3) is 16.3 Å². The first kappa shape index (κ1) is 20.5. The van der Waals surface area contributed by atoms with Gasteiger partial charge < -0.3 is 25.3 Å². The molecule has 3 aromatic heterocycles. The van der Waals surface area contributed by atoms with Crippen LogP contribution in [-0.2, 0) is 6.54 Å². The first-order valence-electron chi connectivity index (χ1n) is 9.31. The van der Waals surface area contributed by atoms with E-state index in [-0.39, 0.29) is 12.5 Å². The van der Waals surface area contributed by atoms with Crippen LogP contribution in [0.5, 0.6) is 17.2 Å². The monoisotopic (exact) mass is 439 g/mol. The van der Waals surface area contributed by atoms with Gasteiger partial charge in [-0.1, -0.05) is 6.07 Å². The molecule has 0 bridgehead atoms. The summed E-state index contributed by atoms with van der Waals surface area (Å²) in [6.45, 7) is 0.258.